The van der Waals surface area contributed by atoms with Gasteiger partial charge in [-0.3, -0.25) is 9.78 Å². The molecular weight excluding hydrogens is 274 g/mol. The molecule has 1 amide bonds. The molecule has 22 heavy (non-hydrogen) atoms. The van der Waals surface area contributed by atoms with Gasteiger partial charge in [-0.2, -0.15) is 0 Å². The second kappa shape index (κ2) is 6.28. The van der Waals surface area contributed by atoms with Crippen molar-refractivity contribution in [1.82, 2.24) is 9.88 Å². The number of carbonyl (C=O) groups is 1. The van der Waals surface area contributed by atoms with E-state index in [0.717, 1.165) is 36.3 Å². The van der Waals surface area contributed by atoms with Crippen LogP contribution in [0.15, 0.2) is 42.5 Å². The van der Waals surface area contributed by atoms with Crippen LogP contribution in [0.1, 0.15) is 28.9 Å². The molecule has 0 saturated carbocycles. The van der Waals surface area contributed by atoms with Gasteiger partial charge in [0, 0.05) is 24.7 Å². The summed E-state index contributed by atoms with van der Waals surface area (Å²) in [6, 6.07) is 14.0. The summed E-state index contributed by atoms with van der Waals surface area (Å²) in [5.74, 6) is 0.0533. The summed E-state index contributed by atoms with van der Waals surface area (Å²) < 4.78 is 0. The van der Waals surface area contributed by atoms with Crippen LogP contribution in [-0.4, -0.2) is 34.9 Å². The van der Waals surface area contributed by atoms with Gasteiger partial charge in [-0.1, -0.05) is 30.3 Å². The predicted octanol–water partition coefficient (Wildman–Crippen LogP) is 2.62. The van der Waals surface area contributed by atoms with Crippen molar-refractivity contribution < 1.29 is 4.79 Å². The Hall–Kier alpha value is -2.20. The monoisotopic (exact) mass is 295 g/mol. The summed E-state index contributed by atoms with van der Waals surface area (Å²) in [5, 5.41) is 0. The highest BCUT2D eigenvalue weighted by atomic mass is 16.2. The molecule has 1 unspecified atom stereocenters. The fourth-order valence-corrected chi connectivity index (χ4v) is 3.06. The summed E-state index contributed by atoms with van der Waals surface area (Å²) in [4.78, 5) is 19.2. The van der Waals surface area contributed by atoms with E-state index >= 15 is 0 Å². The zero-order valence-corrected chi connectivity index (χ0v) is 12.8. The van der Waals surface area contributed by atoms with Crippen molar-refractivity contribution in [3.63, 3.8) is 0 Å². The molecule has 114 valence electrons. The minimum Gasteiger partial charge on any atom is -0.334 e. The molecule has 1 aliphatic rings. The number of aromatic nitrogens is 1. The largest absolute Gasteiger partial charge is 0.334 e. The quantitative estimate of drug-likeness (QED) is 0.947. The molecule has 1 aliphatic heterocycles. The molecule has 1 aromatic carbocycles. The smallest absolute Gasteiger partial charge is 0.255 e. The Morgan fingerprint density at radius 1 is 1.27 bits per heavy atom. The van der Waals surface area contributed by atoms with Gasteiger partial charge < -0.3 is 10.6 Å². The Morgan fingerprint density at radius 3 is 2.73 bits per heavy atom. The number of carbonyl (C=O) groups excluding carboxylic acids is 1. The third-order valence-electron chi connectivity index (χ3n) is 4.30. The van der Waals surface area contributed by atoms with E-state index in [-0.39, 0.29) is 11.9 Å². The Bertz CT molecular complexity index is 669. The van der Waals surface area contributed by atoms with Gasteiger partial charge in [-0.25, -0.2) is 0 Å². The van der Waals surface area contributed by atoms with Crippen molar-refractivity contribution in [2.45, 2.75) is 25.8 Å². The molecule has 4 heteroatoms. The molecule has 1 aromatic heterocycles. The summed E-state index contributed by atoms with van der Waals surface area (Å²) >= 11 is 0. The average molecular weight is 295 g/mol. The maximum absolute atomic E-state index is 12.7. The molecule has 1 atom stereocenters. The van der Waals surface area contributed by atoms with Crippen LogP contribution in [0, 0.1) is 6.92 Å². The van der Waals surface area contributed by atoms with Crippen molar-refractivity contribution in [3.8, 4) is 11.3 Å². The number of rotatable bonds is 3. The number of nitrogens with zero attached hydrogens (tertiary/aromatic N) is 2. The second-order valence-corrected chi connectivity index (χ2v) is 5.73. The van der Waals surface area contributed by atoms with Crippen molar-refractivity contribution in [2.24, 2.45) is 5.73 Å². The maximum atomic E-state index is 12.7. The Kier molecular flexibility index (Phi) is 4.20. The third-order valence-corrected chi connectivity index (χ3v) is 4.30. The fourth-order valence-electron chi connectivity index (χ4n) is 3.06. The van der Waals surface area contributed by atoms with E-state index in [1.165, 1.54) is 0 Å². The van der Waals surface area contributed by atoms with Crippen molar-refractivity contribution in [3.05, 3.63) is 53.7 Å². The van der Waals surface area contributed by atoms with E-state index in [0.29, 0.717) is 12.1 Å². The number of aryl methyl sites for hydroxylation is 1. The first-order valence-corrected chi connectivity index (χ1v) is 7.75. The van der Waals surface area contributed by atoms with Crippen LogP contribution >= 0.6 is 0 Å². The lowest BCUT2D eigenvalue weighted by Gasteiger charge is -2.24. The highest BCUT2D eigenvalue weighted by Gasteiger charge is 2.29. The minimum absolute atomic E-state index is 0.0533. The van der Waals surface area contributed by atoms with Crippen molar-refractivity contribution in [2.75, 3.05) is 13.1 Å². The topological polar surface area (TPSA) is 59.2 Å². The SMILES string of the molecule is Cc1nc(-c2ccccc2)ccc1C(=O)N1CCCC1CN. The maximum Gasteiger partial charge on any atom is 0.255 e. The highest BCUT2D eigenvalue weighted by Crippen LogP contribution is 2.23. The normalized spacial score (nSPS) is 17.7. The molecule has 1 fully saturated rings. The van der Waals surface area contributed by atoms with Gasteiger partial charge in [-0.15, -0.1) is 0 Å². The van der Waals surface area contributed by atoms with E-state index in [1.54, 1.807) is 0 Å². The number of nitrogens with two attached hydrogens (primary N) is 1. The Morgan fingerprint density at radius 2 is 2.05 bits per heavy atom. The molecule has 2 N–H and O–H groups in total. The number of pyridine rings is 1. The molecule has 2 heterocycles. The highest BCUT2D eigenvalue weighted by molar-refractivity contribution is 5.96. The zero-order valence-electron chi connectivity index (χ0n) is 12.8. The second-order valence-electron chi connectivity index (χ2n) is 5.73. The average Bonchev–Trinajstić information content (AvgIpc) is 3.03. The Labute approximate surface area is 131 Å². The minimum atomic E-state index is 0.0533. The van der Waals surface area contributed by atoms with Crippen LogP contribution in [-0.2, 0) is 0 Å². The number of likely N-dealkylation sites (tertiary alicyclic amines) is 1. The molecule has 0 radical (unpaired) electrons. The van der Waals surface area contributed by atoms with Gasteiger partial charge in [0.25, 0.3) is 5.91 Å². The summed E-state index contributed by atoms with van der Waals surface area (Å²) in [6.07, 6.45) is 2.03. The van der Waals surface area contributed by atoms with Gasteiger partial charge in [0.05, 0.1) is 17.0 Å². The first kappa shape index (κ1) is 14.7. The van der Waals surface area contributed by atoms with Crippen molar-refractivity contribution in [1.29, 1.82) is 0 Å². The van der Waals surface area contributed by atoms with Crippen LogP contribution in [0.2, 0.25) is 0 Å². The Balaban J connectivity index is 1.88. The first-order chi connectivity index (χ1) is 10.7. The number of amides is 1. The number of hydrogen-bond donors (Lipinski definition) is 1. The van der Waals surface area contributed by atoms with Gasteiger partial charge in [0.15, 0.2) is 0 Å². The first-order valence-electron chi connectivity index (χ1n) is 7.75. The molecular formula is C18H21N3O. The summed E-state index contributed by atoms with van der Waals surface area (Å²) in [6.45, 7) is 3.22. The lowest BCUT2D eigenvalue weighted by atomic mass is 10.1. The van der Waals surface area contributed by atoms with Crippen molar-refractivity contribution >= 4 is 5.91 Å². The van der Waals surface area contributed by atoms with Crippen LogP contribution in [0.3, 0.4) is 0 Å². The standard InChI is InChI=1S/C18H21N3O/c1-13-16(18(22)21-11-5-8-15(21)12-19)9-10-17(20-13)14-6-3-2-4-7-14/h2-4,6-7,9-10,15H,5,8,11-12,19H2,1H3. The fraction of sp³-hybridized carbons (Fsp3) is 0.333. The van der Waals surface area contributed by atoms with E-state index < -0.39 is 0 Å². The van der Waals surface area contributed by atoms with Crippen LogP contribution in [0.4, 0.5) is 0 Å². The molecule has 4 nitrogen and oxygen atoms in total. The van der Waals surface area contributed by atoms with E-state index in [4.69, 9.17) is 5.73 Å². The van der Waals surface area contributed by atoms with E-state index in [9.17, 15) is 4.79 Å². The molecule has 0 bridgehead atoms. The molecule has 3 rings (SSSR count). The van der Waals surface area contributed by atoms with Gasteiger partial charge in [-0.05, 0) is 31.9 Å². The van der Waals surface area contributed by atoms with Gasteiger partial charge >= 0.3 is 0 Å². The van der Waals surface area contributed by atoms with Crippen LogP contribution in [0.5, 0.6) is 0 Å². The zero-order chi connectivity index (χ0) is 15.5. The predicted molar refractivity (Wildman–Crippen MR) is 87.5 cm³/mol. The molecule has 1 saturated heterocycles. The number of benzene rings is 1. The molecule has 2 aromatic rings. The van der Waals surface area contributed by atoms with Gasteiger partial charge in [0.2, 0.25) is 0 Å². The molecule has 0 spiro atoms. The van der Waals surface area contributed by atoms with Gasteiger partial charge in [0.1, 0.15) is 0 Å². The number of hydrogen-bond acceptors (Lipinski definition) is 3. The molecule has 0 aliphatic carbocycles. The van der Waals surface area contributed by atoms with Crippen LogP contribution in [0.25, 0.3) is 11.3 Å². The van der Waals surface area contributed by atoms with Crippen LogP contribution < -0.4 is 5.73 Å². The summed E-state index contributed by atoms with van der Waals surface area (Å²) in [5.41, 5.74) is 9.18. The van der Waals surface area contributed by atoms with E-state index in [1.807, 2.05) is 54.3 Å². The van der Waals surface area contributed by atoms with E-state index in [2.05, 4.69) is 4.98 Å². The lowest BCUT2D eigenvalue weighted by molar-refractivity contribution is 0.0740. The third kappa shape index (κ3) is 2.74. The summed E-state index contributed by atoms with van der Waals surface area (Å²) in [7, 11) is 0. The lowest BCUT2D eigenvalue weighted by Crippen LogP contribution is -2.40.